The predicted octanol–water partition coefficient (Wildman–Crippen LogP) is 9.10. The minimum absolute atomic E-state index is 0.0342. The summed E-state index contributed by atoms with van der Waals surface area (Å²) in [5.41, 5.74) is 4.31. The molecule has 0 N–H and O–H groups in total. The van der Waals surface area contributed by atoms with Crippen molar-refractivity contribution < 1.29 is 4.21 Å². The highest BCUT2D eigenvalue weighted by molar-refractivity contribution is 7.84. The van der Waals surface area contributed by atoms with Gasteiger partial charge < -0.3 is 0 Å². The van der Waals surface area contributed by atoms with E-state index in [2.05, 4.69) is 98.9 Å². The summed E-state index contributed by atoms with van der Waals surface area (Å²) in [5, 5.41) is 4.11. The Balaban J connectivity index is 1.66. The van der Waals surface area contributed by atoms with E-state index in [1.807, 2.05) is 0 Å². The highest BCUT2D eigenvalue weighted by atomic mass is 32.2. The van der Waals surface area contributed by atoms with Gasteiger partial charge >= 0.3 is 0 Å². The molecule has 1 unspecified atom stereocenters. The van der Waals surface area contributed by atoms with Gasteiger partial charge in [-0.25, -0.2) is 8.51 Å². The van der Waals surface area contributed by atoms with Crippen LogP contribution in [0.25, 0.3) is 10.8 Å². The number of benzene rings is 3. The molecule has 4 heteroatoms. The normalized spacial score (nSPS) is 19.7. The molecule has 0 saturated heterocycles. The van der Waals surface area contributed by atoms with Crippen molar-refractivity contribution >= 4 is 35.0 Å². The fraction of sp³-hybridized carbons (Fsp3) is 0.529. The Kier molecular flexibility index (Phi) is 9.08. The van der Waals surface area contributed by atoms with Crippen molar-refractivity contribution in [1.29, 1.82) is 0 Å². The minimum Gasteiger partial charge on any atom is -0.242 e. The molecule has 3 aromatic rings. The average Bonchev–Trinajstić information content (AvgIpc) is 2.94. The maximum atomic E-state index is 13.9. The first kappa shape index (κ1) is 28.0. The molecule has 2 fully saturated rings. The van der Waals surface area contributed by atoms with E-state index in [-0.39, 0.29) is 18.7 Å². The maximum Gasteiger partial charge on any atom is 0.100 e. The fourth-order valence-corrected chi connectivity index (χ4v) is 12.1. The van der Waals surface area contributed by atoms with Crippen LogP contribution in [0.1, 0.15) is 102 Å². The second kappa shape index (κ2) is 12.3. The van der Waals surface area contributed by atoms with Crippen molar-refractivity contribution in [2.24, 2.45) is 0 Å². The standard InChI is InChI=1S/C34H46NOPS/c1-34(2,3)38(36)35(4)33(28-24-23-26-15-11-12-16-27(26)25-28)31-21-13-14-22-32(31)37(29-17-7-5-8-18-29)30-19-9-6-10-20-30/h11-16,21-25,29-30,33H,5-10,17-20H2,1-4H3/t33-,38?/m1/s1. The van der Waals surface area contributed by atoms with Gasteiger partial charge in [-0.05, 0) is 91.0 Å². The quantitative estimate of drug-likeness (QED) is 0.270. The van der Waals surface area contributed by atoms with Gasteiger partial charge in [0.15, 0.2) is 0 Å². The first-order valence-electron chi connectivity index (χ1n) is 14.9. The molecular formula is C34H46NOPS. The van der Waals surface area contributed by atoms with E-state index >= 15 is 0 Å². The predicted molar refractivity (Wildman–Crippen MR) is 168 cm³/mol. The summed E-state index contributed by atoms with van der Waals surface area (Å²) < 4.78 is 15.8. The Morgan fingerprint density at radius 1 is 0.763 bits per heavy atom. The first-order valence-corrected chi connectivity index (χ1v) is 17.4. The van der Waals surface area contributed by atoms with E-state index in [1.165, 1.54) is 86.1 Å². The molecular weight excluding hydrogens is 501 g/mol. The van der Waals surface area contributed by atoms with Gasteiger partial charge in [0, 0.05) is 7.05 Å². The van der Waals surface area contributed by atoms with Gasteiger partial charge in [-0.3, -0.25) is 0 Å². The highest BCUT2D eigenvalue weighted by Crippen LogP contribution is 2.56. The topological polar surface area (TPSA) is 20.3 Å². The summed E-state index contributed by atoms with van der Waals surface area (Å²) in [6.45, 7) is 6.29. The molecule has 0 heterocycles. The molecule has 5 rings (SSSR count). The number of rotatable bonds is 7. The lowest BCUT2D eigenvalue weighted by molar-refractivity contribution is 0.441. The average molecular weight is 548 g/mol. The molecule has 38 heavy (non-hydrogen) atoms. The van der Waals surface area contributed by atoms with E-state index in [9.17, 15) is 4.21 Å². The van der Waals surface area contributed by atoms with Crippen molar-refractivity contribution in [1.82, 2.24) is 4.31 Å². The lowest BCUT2D eigenvalue weighted by atomic mass is 9.96. The molecule has 0 spiro atoms. The summed E-state index contributed by atoms with van der Waals surface area (Å²) in [4.78, 5) is 0. The van der Waals surface area contributed by atoms with Crippen LogP contribution in [0.2, 0.25) is 0 Å². The zero-order valence-electron chi connectivity index (χ0n) is 23.9. The third kappa shape index (κ3) is 6.11. The summed E-state index contributed by atoms with van der Waals surface area (Å²) in [7, 11) is 0.680. The molecule has 2 nitrogen and oxygen atoms in total. The van der Waals surface area contributed by atoms with E-state index in [0.717, 1.165) is 11.3 Å². The van der Waals surface area contributed by atoms with Gasteiger partial charge in [-0.1, -0.05) is 107 Å². The highest BCUT2D eigenvalue weighted by Gasteiger charge is 2.37. The summed E-state index contributed by atoms with van der Waals surface area (Å²) in [6.07, 6.45) is 13.9. The summed E-state index contributed by atoms with van der Waals surface area (Å²) >= 11 is 0. The Labute approximate surface area is 234 Å². The third-order valence-corrected chi connectivity index (χ3v) is 14.0. The van der Waals surface area contributed by atoms with Gasteiger partial charge in [0.25, 0.3) is 0 Å². The van der Waals surface area contributed by atoms with Crippen LogP contribution in [-0.4, -0.2) is 31.6 Å². The molecule has 0 bridgehead atoms. The molecule has 0 aromatic heterocycles. The molecule has 3 aromatic carbocycles. The van der Waals surface area contributed by atoms with Crippen LogP contribution in [0.5, 0.6) is 0 Å². The lowest BCUT2D eigenvalue weighted by Gasteiger charge is -2.41. The Morgan fingerprint density at radius 2 is 1.32 bits per heavy atom. The van der Waals surface area contributed by atoms with Crippen LogP contribution in [0, 0.1) is 0 Å². The van der Waals surface area contributed by atoms with Gasteiger partial charge in [0.05, 0.1) is 10.8 Å². The Bertz CT molecular complexity index is 1220. The van der Waals surface area contributed by atoms with Crippen LogP contribution >= 0.6 is 7.92 Å². The van der Waals surface area contributed by atoms with Crippen LogP contribution in [0.15, 0.2) is 66.7 Å². The van der Waals surface area contributed by atoms with E-state index in [0.29, 0.717) is 0 Å². The second-order valence-corrected chi connectivity index (χ2v) is 17.5. The van der Waals surface area contributed by atoms with Crippen LogP contribution < -0.4 is 5.30 Å². The van der Waals surface area contributed by atoms with Crippen molar-refractivity contribution in [2.45, 2.75) is 107 Å². The van der Waals surface area contributed by atoms with Gasteiger partial charge in [-0.15, -0.1) is 0 Å². The van der Waals surface area contributed by atoms with Crippen molar-refractivity contribution in [3.05, 3.63) is 77.9 Å². The van der Waals surface area contributed by atoms with Crippen LogP contribution in [0.3, 0.4) is 0 Å². The molecule has 0 radical (unpaired) electrons. The van der Waals surface area contributed by atoms with Crippen molar-refractivity contribution in [2.75, 3.05) is 7.05 Å². The van der Waals surface area contributed by atoms with Crippen molar-refractivity contribution in [3.8, 4) is 0 Å². The van der Waals surface area contributed by atoms with E-state index in [4.69, 9.17) is 0 Å². The SMILES string of the molecule is CN([C@H](c1ccc2ccccc2c1)c1ccccc1P(C1CCCCC1)C1CCCCC1)S(=O)C(C)(C)C. The monoisotopic (exact) mass is 547 g/mol. The summed E-state index contributed by atoms with van der Waals surface area (Å²) in [5.74, 6) is 0. The number of hydrogen-bond acceptors (Lipinski definition) is 1. The van der Waals surface area contributed by atoms with Gasteiger partial charge in [-0.2, -0.15) is 0 Å². The molecule has 2 aliphatic carbocycles. The zero-order chi connectivity index (χ0) is 26.7. The molecule has 2 aliphatic rings. The lowest BCUT2D eigenvalue weighted by Crippen LogP contribution is -2.39. The number of hydrogen-bond donors (Lipinski definition) is 0. The second-order valence-electron chi connectivity index (χ2n) is 12.5. The van der Waals surface area contributed by atoms with E-state index < -0.39 is 11.0 Å². The van der Waals surface area contributed by atoms with Crippen LogP contribution in [-0.2, 0) is 11.0 Å². The molecule has 0 amide bonds. The summed E-state index contributed by atoms with van der Waals surface area (Å²) in [6, 6.07) is 24.8. The van der Waals surface area contributed by atoms with Gasteiger partial charge in [0.1, 0.15) is 11.0 Å². The molecule has 0 aliphatic heterocycles. The largest absolute Gasteiger partial charge is 0.242 e. The first-order chi connectivity index (χ1) is 18.3. The smallest absolute Gasteiger partial charge is 0.100 e. The fourth-order valence-electron chi connectivity index (χ4n) is 6.85. The number of fused-ring (bicyclic) bond motifs is 1. The molecule has 204 valence electrons. The molecule has 2 saturated carbocycles. The number of nitrogens with zero attached hydrogens (tertiary/aromatic N) is 1. The third-order valence-electron chi connectivity index (χ3n) is 8.68. The van der Waals surface area contributed by atoms with Crippen LogP contribution in [0.4, 0.5) is 0 Å². The Morgan fingerprint density at radius 3 is 1.92 bits per heavy atom. The maximum absolute atomic E-state index is 13.9. The van der Waals surface area contributed by atoms with Gasteiger partial charge in [0.2, 0.25) is 0 Å². The molecule has 2 atom stereocenters. The van der Waals surface area contributed by atoms with Crippen molar-refractivity contribution in [3.63, 3.8) is 0 Å². The minimum atomic E-state index is -1.14. The van der Waals surface area contributed by atoms with E-state index in [1.54, 1.807) is 5.30 Å². The zero-order valence-corrected chi connectivity index (χ0v) is 25.6. The Hall–Kier alpha value is -1.54.